The van der Waals surface area contributed by atoms with E-state index in [0.717, 1.165) is 45.4 Å². The van der Waals surface area contributed by atoms with Crippen molar-refractivity contribution in [2.45, 2.75) is 27.7 Å². The molecule has 0 bridgehead atoms. The van der Waals surface area contributed by atoms with E-state index in [1.54, 1.807) is 0 Å². The molecule has 0 fully saturated rings. The molecule has 0 atom stereocenters. The summed E-state index contributed by atoms with van der Waals surface area (Å²) in [7, 11) is 0. The average molecular weight is 385 g/mol. The predicted octanol–water partition coefficient (Wildman–Crippen LogP) is 5.02. The Balaban J connectivity index is 1.75. The zero-order valence-corrected chi connectivity index (χ0v) is 16.9. The Morgan fingerprint density at radius 2 is 1.69 bits per heavy atom. The fourth-order valence-electron chi connectivity index (χ4n) is 3.39. The van der Waals surface area contributed by atoms with Crippen LogP contribution in [0.1, 0.15) is 23.7 Å². The number of hydrogen-bond donors (Lipinski definition) is 2. The second-order valence-electron chi connectivity index (χ2n) is 7.24. The van der Waals surface area contributed by atoms with Gasteiger partial charge in [0.05, 0.1) is 5.69 Å². The second kappa shape index (κ2) is 7.39. The van der Waals surface area contributed by atoms with Gasteiger partial charge in [0.25, 0.3) is 0 Å². The van der Waals surface area contributed by atoms with E-state index < -0.39 is 0 Å². The first kappa shape index (κ1) is 18.7. The van der Waals surface area contributed by atoms with Crippen LogP contribution in [-0.4, -0.2) is 20.5 Å². The molecule has 0 spiro atoms. The van der Waals surface area contributed by atoms with Crippen LogP contribution in [0.25, 0.3) is 16.9 Å². The molecule has 0 radical (unpaired) electrons. The molecule has 146 valence electrons. The summed E-state index contributed by atoms with van der Waals surface area (Å²) in [6.07, 6.45) is 0. The van der Waals surface area contributed by atoms with Gasteiger partial charge in [0.2, 0.25) is 5.91 Å². The highest BCUT2D eigenvalue weighted by atomic mass is 16.1. The van der Waals surface area contributed by atoms with Gasteiger partial charge in [-0.05, 0) is 51.1 Å². The number of aryl methyl sites for hydroxylation is 3. The Morgan fingerprint density at radius 3 is 2.38 bits per heavy atom. The molecule has 2 aromatic carbocycles. The van der Waals surface area contributed by atoms with Crippen LogP contribution in [0.2, 0.25) is 0 Å². The fraction of sp³-hybridized carbons (Fsp3) is 0.174. The predicted molar refractivity (Wildman–Crippen MR) is 117 cm³/mol. The van der Waals surface area contributed by atoms with Crippen LogP contribution in [0.3, 0.4) is 0 Å². The van der Waals surface area contributed by atoms with Crippen molar-refractivity contribution in [3.05, 3.63) is 71.4 Å². The van der Waals surface area contributed by atoms with E-state index >= 15 is 0 Å². The number of amides is 1. The average Bonchev–Trinajstić information content (AvgIpc) is 3.00. The maximum Gasteiger partial charge on any atom is 0.221 e. The first-order chi connectivity index (χ1) is 13.9. The third-order valence-corrected chi connectivity index (χ3v) is 4.72. The van der Waals surface area contributed by atoms with Gasteiger partial charge >= 0.3 is 0 Å². The third-order valence-electron chi connectivity index (χ3n) is 4.72. The van der Waals surface area contributed by atoms with Crippen LogP contribution >= 0.6 is 0 Å². The molecule has 1 amide bonds. The molecule has 0 aliphatic rings. The number of anilines is 3. The maximum absolute atomic E-state index is 11.2. The molecule has 0 saturated heterocycles. The molecule has 2 aromatic heterocycles. The molecular formula is C23H23N5O. The molecule has 4 rings (SSSR count). The van der Waals surface area contributed by atoms with Crippen molar-refractivity contribution < 1.29 is 4.79 Å². The summed E-state index contributed by atoms with van der Waals surface area (Å²) in [5, 5.41) is 11.0. The lowest BCUT2D eigenvalue weighted by atomic mass is 10.1. The van der Waals surface area contributed by atoms with E-state index in [2.05, 4.69) is 42.7 Å². The van der Waals surface area contributed by atoms with Crippen molar-refractivity contribution in [2.24, 2.45) is 0 Å². The lowest BCUT2D eigenvalue weighted by Crippen LogP contribution is -2.06. The molecule has 2 N–H and O–H groups in total. The molecule has 4 aromatic rings. The van der Waals surface area contributed by atoms with E-state index in [1.165, 1.54) is 12.5 Å². The summed E-state index contributed by atoms with van der Waals surface area (Å²) < 4.78 is 1.85. The summed E-state index contributed by atoms with van der Waals surface area (Å²) >= 11 is 0. The molecule has 0 aliphatic carbocycles. The largest absolute Gasteiger partial charge is 0.340 e. The van der Waals surface area contributed by atoms with Crippen LogP contribution < -0.4 is 10.6 Å². The van der Waals surface area contributed by atoms with E-state index in [4.69, 9.17) is 10.1 Å². The molecule has 0 saturated carbocycles. The highest BCUT2D eigenvalue weighted by Gasteiger charge is 2.15. The van der Waals surface area contributed by atoms with Crippen LogP contribution in [0.15, 0.2) is 54.6 Å². The van der Waals surface area contributed by atoms with Crippen molar-refractivity contribution in [1.29, 1.82) is 0 Å². The number of rotatable bonds is 4. The smallest absolute Gasteiger partial charge is 0.221 e. The Morgan fingerprint density at radius 1 is 0.966 bits per heavy atom. The van der Waals surface area contributed by atoms with Gasteiger partial charge in [-0.15, -0.1) is 0 Å². The normalized spacial score (nSPS) is 10.9. The number of carbonyl (C=O) groups is 1. The lowest BCUT2D eigenvalue weighted by molar-refractivity contribution is -0.114. The number of nitrogens with one attached hydrogen (secondary N) is 2. The Labute approximate surface area is 169 Å². The monoisotopic (exact) mass is 385 g/mol. The van der Waals surface area contributed by atoms with Crippen molar-refractivity contribution in [1.82, 2.24) is 14.6 Å². The zero-order valence-electron chi connectivity index (χ0n) is 16.9. The topological polar surface area (TPSA) is 71.3 Å². The van der Waals surface area contributed by atoms with E-state index in [0.29, 0.717) is 0 Å². The third kappa shape index (κ3) is 3.82. The summed E-state index contributed by atoms with van der Waals surface area (Å²) in [6.45, 7) is 7.60. The molecule has 0 aliphatic heterocycles. The fourth-order valence-corrected chi connectivity index (χ4v) is 3.39. The van der Waals surface area contributed by atoms with Gasteiger partial charge < -0.3 is 10.6 Å². The van der Waals surface area contributed by atoms with Crippen molar-refractivity contribution in [3.8, 4) is 11.3 Å². The minimum Gasteiger partial charge on any atom is -0.340 e. The highest BCUT2D eigenvalue weighted by molar-refractivity contribution is 5.88. The van der Waals surface area contributed by atoms with Gasteiger partial charge in [-0.1, -0.05) is 23.8 Å². The molecular weight excluding hydrogens is 362 g/mol. The van der Waals surface area contributed by atoms with Crippen LogP contribution in [0, 0.1) is 20.8 Å². The standard InChI is InChI=1S/C23H23N5O/c1-14-6-5-7-18(12-14)22-16(3)23-24-15(2)13-21(28(23)27-22)26-20-10-8-19(9-11-20)25-17(4)29/h5-13,26H,1-4H3,(H,25,29). The number of benzene rings is 2. The zero-order chi connectivity index (χ0) is 20.5. The minimum atomic E-state index is -0.0899. The van der Waals surface area contributed by atoms with Crippen molar-refractivity contribution in [2.75, 3.05) is 10.6 Å². The summed E-state index contributed by atoms with van der Waals surface area (Å²) in [6, 6.07) is 17.9. The van der Waals surface area contributed by atoms with Gasteiger partial charge in [0, 0.05) is 41.2 Å². The molecule has 29 heavy (non-hydrogen) atoms. The quantitative estimate of drug-likeness (QED) is 0.517. The minimum absolute atomic E-state index is 0.0899. The summed E-state index contributed by atoms with van der Waals surface area (Å²) in [4.78, 5) is 15.9. The van der Waals surface area contributed by atoms with E-state index in [1.807, 2.05) is 47.8 Å². The maximum atomic E-state index is 11.2. The van der Waals surface area contributed by atoms with Gasteiger partial charge in [-0.25, -0.2) is 4.98 Å². The summed E-state index contributed by atoms with van der Waals surface area (Å²) in [5.74, 6) is 0.745. The van der Waals surface area contributed by atoms with Gasteiger partial charge in [0.1, 0.15) is 5.82 Å². The van der Waals surface area contributed by atoms with E-state index in [-0.39, 0.29) is 5.91 Å². The molecule has 2 heterocycles. The Kier molecular flexibility index (Phi) is 4.76. The number of carbonyl (C=O) groups excluding carboxylic acids is 1. The van der Waals surface area contributed by atoms with Gasteiger partial charge in [-0.3, -0.25) is 4.79 Å². The van der Waals surface area contributed by atoms with Crippen molar-refractivity contribution >= 4 is 28.7 Å². The summed E-state index contributed by atoms with van der Waals surface area (Å²) in [5.41, 5.74) is 7.65. The molecule has 6 heteroatoms. The van der Waals surface area contributed by atoms with Gasteiger partial charge in [-0.2, -0.15) is 9.61 Å². The van der Waals surface area contributed by atoms with E-state index in [9.17, 15) is 4.79 Å². The SMILES string of the molecule is CC(=O)Nc1ccc(Nc2cc(C)nc3c(C)c(-c4cccc(C)c4)nn23)cc1. The second-order valence-corrected chi connectivity index (χ2v) is 7.24. The first-order valence-corrected chi connectivity index (χ1v) is 9.49. The Hall–Kier alpha value is -3.67. The van der Waals surface area contributed by atoms with Gasteiger partial charge in [0.15, 0.2) is 5.65 Å². The van der Waals surface area contributed by atoms with Crippen LogP contribution in [-0.2, 0) is 4.79 Å². The first-order valence-electron chi connectivity index (χ1n) is 9.49. The molecule has 0 unspecified atom stereocenters. The molecule has 6 nitrogen and oxygen atoms in total. The Bertz CT molecular complexity index is 1210. The number of fused-ring (bicyclic) bond motifs is 1. The number of nitrogens with zero attached hydrogens (tertiary/aromatic N) is 3. The number of hydrogen-bond acceptors (Lipinski definition) is 4. The van der Waals surface area contributed by atoms with Crippen LogP contribution in [0.4, 0.5) is 17.2 Å². The number of aromatic nitrogens is 3. The lowest BCUT2D eigenvalue weighted by Gasteiger charge is -2.10. The highest BCUT2D eigenvalue weighted by Crippen LogP contribution is 2.28. The van der Waals surface area contributed by atoms with Crippen LogP contribution in [0.5, 0.6) is 0 Å². The van der Waals surface area contributed by atoms with Crippen molar-refractivity contribution in [3.63, 3.8) is 0 Å².